The molecule has 1 aromatic rings. The average Bonchev–Trinajstić information content (AvgIpc) is 2.47. The maximum Gasteiger partial charge on any atom is 0.124 e. The van der Waals surface area contributed by atoms with Crippen molar-refractivity contribution in [1.29, 1.82) is 0 Å². The van der Waals surface area contributed by atoms with Gasteiger partial charge in [0.25, 0.3) is 0 Å². The molecule has 0 bridgehead atoms. The van der Waals surface area contributed by atoms with Crippen molar-refractivity contribution in [2.45, 2.75) is 70.9 Å². The largest absolute Gasteiger partial charge is 0.490 e. The number of para-hydroxylation sites is 1. The van der Waals surface area contributed by atoms with Gasteiger partial charge in [0.15, 0.2) is 0 Å². The summed E-state index contributed by atoms with van der Waals surface area (Å²) < 4.78 is 6.18. The third kappa shape index (κ3) is 4.24. The number of nitrogens with one attached hydrogen (secondary N) is 1. The number of rotatable bonds is 8. The van der Waals surface area contributed by atoms with Gasteiger partial charge in [-0.1, -0.05) is 57.7 Å². The van der Waals surface area contributed by atoms with Crippen LogP contribution in [0, 0.1) is 0 Å². The van der Waals surface area contributed by atoms with E-state index in [2.05, 4.69) is 43.4 Å². The summed E-state index contributed by atoms with van der Waals surface area (Å²) in [6.45, 7) is 5.46. The van der Waals surface area contributed by atoms with E-state index in [0.29, 0.717) is 12.1 Å². The van der Waals surface area contributed by atoms with Gasteiger partial charge in [-0.25, -0.2) is 0 Å². The van der Waals surface area contributed by atoms with E-state index in [-0.39, 0.29) is 0 Å². The molecule has 1 aliphatic rings. The van der Waals surface area contributed by atoms with Crippen molar-refractivity contribution >= 4 is 0 Å². The fourth-order valence-corrected chi connectivity index (χ4v) is 3.09. The highest BCUT2D eigenvalue weighted by molar-refractivity contribution is 5.37. The Balaban J connectivity index is 1.87. The minimum atomic E-state index is 0.385. The van der Waals surface area contributed by atoms with E-state index >= 15 is 0 Å². The molecular weight excluding hydrogens is 246 g/mol. The van der Waals surface area contributed by atoms with Crippen molar-refractivity contribution < 1.29 is 4.74 Å². The summed E-state index contributed by atoms with van der Waals surface area (Å²) in [4.78, 5) is 0. The van der Waals surface area contributed by atoms with Gasteiger partial charge in [-0.2, -0.15) is 0 Å². The van der Waals surface area contributed by atoms with Gasteiger partial charge in [-0.3, -0.25) is 0 Å². The molecular formula is C18H29NO. The Morgan fingerprint density at radius 1 is 1.10 bits per heavy atom. The van der Waals surface area contributed by atoms with Crippen LogP contribution in [0.5, 0.6) is 5.75 Å². The maximum atomic E-state index is 6.18. The summed E-state index contributed by atoms with van der Waals surface area (Å²) in [5.41, 5.74) is 1.33. The molecule has 1 aliphatic heterocycles. The third-order valence-electron chi connectivity index (χ3n) is 4.17. The monoisotopic (exact) mass is 275 g/mol. The first kappa shape index (κ1) is 15.4. The zero-order valence-electron chi connectivity index (χ0n) is 13.0. The van der Waals surface area contributed by atoms with Crippen LogP contribution in [-0.4, -0.2) is 12.6 Å². The lowest BCUT2D eigenvalue weighted by molar-refractivity contribution is 0.138. The standard InChI is InChI=1S/C18H29NO/c1-3-5-6-7-8-11-15-14-17(19-4-2)16-12-9-10-13-18(16)20-15/h9-10,12-13,15,17,19H,3-8,11,14H2,1-2H3. The van der Waals surface area contributed by atoms with Crippen LogP contribution in [0.15, 0.2) is 24.3 Å². The summed E-state index contributed by atoms with van der Waals surface area (Å²) in [7, 11) is 0. The Morgan fingerprint density at radius 2 is 1.90 bits per heavy atom. The van der Waals surface area contributed by atoms with Gasteiger partial charge in [0.1, 0.15) is 11.9 Å². The molecule has 0 amide bonds. The summed E-state index contributed by atoms with van der Waals surface area (Å²) in [6.07, 6.45) is 9.39. The quantitative estimate of drug-likeness (QED) is 0.685. The highest BCUT2D eigenvalue weighted by Crippen LogP contribution is 2.35. The number of hydrogen-bond acceptors (Lipinski definition) is 2. The smallest absolute Gasteiger partial charge is 0.124 e. The molecule has 0 fully saturated rings. The van der Waals surface area contributed by atoms with E-state index in [1.807, 2.05) is 0 Å². The first-order valence-electron chi connectivity index (χ1n) is 8.34. The van der Waals surface area contributed by atoms with E-state index in [1.165, 1.54) is 44.1 Å². The SMILES string of the molecule is CCCCCCCC1CC(NCC)c2ccccc2O1. The Morgan fingerprint density at radius 3 is 2.70 bits per heavy atom. The number of ether oxygens (including phenoxy) is 1. The predicted molar refractivity (Wildman–Crippen MR) is 85.3 cm³/mol. The molecule has 1 aromatic carbocycles. The number of unbranched alkanes of at least 4 members (excludes halogenated alkanes) is 4. The van der Waals surface area contributed by atoms with Crippen LogP contribution in [0.25, 0.3) is 0 Å². The van der Waals surface area contributed by atoms with E-state index < -0.39 is 0 Å². The van der Waals surface area contributed by atoms with Gasteiger partial charge in [0.05, 0.1) is 0 Å². The number of fused-ring (bicyclic) bond motifs is 1. The summed E-state index contributed by atoms with van der Waals surface area (Å²) in [6, 6.07) is 8.96. The highest BCUT2D eigenvalue weighted by Gasteiger charge is 2.26. The maximum absolute atomic E-state index is 6.18. The molecule has 0 saturated heterocycles. The Bertz CT molecular complexity index is 391. The first-order chi connectivity index (χ1) is 9.85. The van der Waals surface area contributed by atoms with Crippen molar-refractivity contribution in [1.82, 2.24) is 5.32 Å². The lowest BCUT2D eigenvalue weighted by atomic mass is 9.93. The summed E-state index contributed by atoms with van der Waals surface area (Å²) in [5, 5.41) is 3.60. The second-order valence-electron chi connectivity index (χ2n) is 5.83. The lowest BCUT2D eigenvalue weighted by Crippen LogP contribution is -2.32. The topological polar surface area (TPSA) is 21.3 Å². The zero-order chi connectivity index (χ0) is 14.2. The second kappa shape index (κ2) is 8.31. The number of hydrogen-bond donors (Lipinski definition) is 1. The second-order valence-corrected chi connectivity index (χ2v) is 5.83. The summed E-state index contributed by atoms with van der Waals surface area (Å²) >= 11 is 0. The Kier molecular flexibility index (Phi) is 6.38. The molecule has 2 heteroatoms. The fourth-order valence-electron chi connectivity index (χ4n) is 3.09. The van der Waals surface area contributed by atoms with Gasteiger partial charge in [-0.15, -0.1) is 0 Å². The molecule has 2 rings (SSSR count). The fraction of sp³-hybridized carbons (Fsp3) is 0.667. The molecule has 0 saturated carbocycles. The van der Waals surface area contributed by atoms with Crippen molar-refractivity contribution in [3.63, 3.8) is 0 Å². The van der Waals surface area contributed by atoms with Gasteiger partial charge < -0.3 is 10.1 Å². The van der Waals surface area contributed by atoms with Crippen LogP contribution >= 0.6 is 0 Å². The zero-order valence-corrected chi connectivity index (χ0v) is 13.0. The van der Waals surface area contributed by atoms with Gasteiger partial charge in [0, 0.05) is 18.0 Å². The first-order valence-corrected chi connectivity index (χ1v) is 8.34. The van der Waals surface area contributed by atoms with E-state index in [0.717, 1.165) is 18.7 Å². The molecule has 2 nitrogen and oxygen atoms in total. The van der Waals surface area contributed by atoms with Crippen LogP contribution in [0.3, 0.4) is 0 Å². The third-order valence-corrected chi connectivity index (χ3v) is 4.17. The molecule has 20 heavy (non-hydrogen) atoms. The van der Waals surface area contributed by atoms with E-state index in [4.69, 9.17) is 4.74 Å². The van der Waals surface area contributed by atoms with E-state index in [9.17, 15) is 0 Å². The molecule has 2 atom stereocenters. The Hall–Kier alpha value is -1.02. The normalized spacial score (nSPS) is 21.3. The number of benzene rings is 1. The molecule has 2 unspecified atom stereocenters. The summed E-state index contributed by atoms with van der Waals surface area (Å²) in [5.74, 6) is 1.09. The van der Waals surface area contributed by atoms with Crippen molar-refractivity contribution in [2.75, 3.05) is 6.54 Å². The van der Waals surface area contributed by atoms with E-state index in [1.54, 1.807) is 0 Å². The van der Waals surface area contributed by atoms with Crippen molar-refractivity contribution in [3.05, 3.63) is 29.8 Å². The molecule has 0 radical (unpaired) electrons. The van der Waals surface area contributed by atoms with Crippen molar-refractivity contribution in [3.8, 4) is 5.75 Å². The lowest BCUT2D eigenvalue weighted by Gasteiger charge is -2.32. The minimum absolute atomic E-state index is 0.385. The van der Waals surface area contributed by atoms with Gasteiger partial charge in [0.2, 0.25) is 0 Å². The minimum Gasteiger partial charge on any atom is -0.490 e. The van der Waals surface area contributed by atoms with Crippen LogP contribution in [0.2, 0.25) is 0 Å². The molecule has 0 aromatic heterocycles. The molecule has 112 valence electrons. The molecule has 1 heterocycles. The van der Waals surface area contributed by atoms with Crippen LogP contribution in [0.4, 0.5) is 0 Å². The Labute approximate surface area is 123 Å². The average molecular weight is 275 g/mol. The highest BCUT2D eigenvalue weighted by atomic mass is 16.5. The van der Waals surface area contributed by atoms with Crippen LogP contribution in [-0.2, 0) is 0 Å². The molecule has 0 spiro atoms. The molecule has 1 N–H and O–H groups in total. The van der Waals surface area contributed by atoms with Crippen molar-refractivity contribution in [2.24, 2.45) is 0 Å². The molecule has 0 aliphatic carbocycles. The van der Waals surface area contributed by atoms with Crippen LogP contribution < -0.4 is 10.1 Å². The van der Waals surface area contributed by atoms with Crippen LogP contribution in [0.1, 0.15) is 70.4 Å². The van der Waals surface area contributed by atoms with Gasteiger partial charge in [-0.05, 0) is 25.5 Å². The predicted octanol–water partition coefficient (Wildman–Crippen LogP) is 4.85. The van der Waals surface area contributed by atoms with Gasteiger partial charge >= 0.3 is 0 Å².